The molecule has 0 atom stereocenters. The van der Waals surface area contributed by atoms with Gasteiger partial charge in [-0.15, -0.1) is 0 Å². The summed E-state index contributed by atoms with van der Waals surface area (Å²) in [7, 11) is 5.02. The third-order valence-corrected chi connectivity index (χ3v) is 3.55. The monoisotopic (exact) mass is 338 g/mol. The molecule has 134 valence electrons. The summed E-state index contributed by atoms with van der Waals surface area (Å²) < 4.78 is 0. The van der Waals surface area contributed by atoms with E-state index in [4.69, 9.17) is 0 Å². The van der Waals surface area contributed by atoms with E-state index in [2.05, 4.69) is 10.6 Å². The van der Waals surface area contributed by atoms with Crippen molar-refractivity contribution in [3.8, 4) is 0 Å². The Labute approximate surface area is 145 Å². The van der Waals surface area contributed by atoms with E-state index >= 15 is 0 Å². The van der Waals surface area contributed by atoms with Gasteiger partial charge in [-0.3, -0.25) is 19.2 Å². The number of hydrogen-bond acceptors (Lipinski definition) is 5. The van der Waals surface area contributed by atoms with E-state index in [1.165, 1.54) is 16.8 Å². The zero-order chi connectivity index (χ0) is 18.5. The Balaban J connectivity index is 4.23. The Morgan fingerprint density at radius 2 is 1.54 bits per heavy atom. The van der Waals surface area contributed by atoms with Crippen molar-refractivity contribution >= 4 is 39.2 Å². The lowest BCUT2D eigenvalue weighted by atomic mass is 10.0. The zero-order valence-corrected chi connectivity index (χ0v) is 15.2. The van der Waals surface area contributed by atoms with Crippen LogP contribution in [-0.2, 0) is 19.2 Å². The fourth-order valence-corrected chi connectivity index (χ4v) is 2.08. The van der Waals surface area contributed by atoms with Gasteiger partial charge in [0, 0.05) is 26.7 Å². The van der Waals surface area contributed by atoms with Gasteiger partial charge < -0.3 is 20.4 Å². The number of carbonyl (C=O) groups is 4. The Kier molecular flexibility index (Phi) is 11.6. The van der Waals surface area contributed by atoms with E-state index in [0.717, 1.165) is 0 Å². The van der Waals surface area contributed by atoms with Crippen LogP contribution in [-0.4, -0.2) is 95.3 Å². The van der Waals surface area contributed by atoms with Crippen LogP contribution in [0.1, 0.15) is 6.92 Å². The Hall–Kier alpha value is -1.83. The molecule has 0 saturated carbocycles. The van der Waals surface area contributed by atoms with Crippen molar-refractivity contribution in [1.82, 2.24) is 20.4 Å². The van der Waals surface area contributed by atoms with Crippen LogP contribution < -0.4 is 10.6 Å². The van der Waals surface area contributed by atoms with Gasteiger partial charge in [-0.1, -0.05) is 0 Å². The number of ketones is 1. The summed E-state index contributed by atoms with van der Waals surface area (Å²) in [6.45, 7) is 3.31. The molecule has 3 amide bonds. The highest BCUT2D eigenvalue weighted by Gasteiger charge is 2.15. The molecule has 8 nitrogen and oxygen atoms in total. The van der Waals surface area contributed by atoms with Crippen LogP contribution in [0.25, 0.3) is 0 Å². The van der Waals surface area contributed by atoms with Crippen molar-refractivity contribution in [2.45, 2.75) is 19.6 Å². The molecule has 0 fully saturated rings. The number of Topliss-reactive ketones (excluding diaryl/α,β-unsaturated/α-hetero) is 1. The summed E-state index contributed by atoms with van der Waals surface area (Å²) in [5.41, 5.74) is 0. The SMILES string of the molecule is BCC(=O)N(CC)CC(=O)CNCCN(CC(=O)NC)C(=O)CB. The van der Waals surface area contributed by atoms with Crippen LogP contribution in [0.15, 0.2) is 0 Å². The number of hydrogen-bond donors (Lipinski definition) is 2. The quantitative estimate of drug-likeness (QED) is 0.287. The van der Waals surface area contributed by atoms with Crippen LogP contribution in [0.2, 0.25) is 12.6 Å². The van der Waals surface area contributed by atoms with Crippen LogP contribution in [0, 0.1) is 0 Å². The molecule has 2 N–H and O–H groups in total. The number of amides is 3. The first-order valence-corrected chi connectivity index (χ1v) is 8.37. The van der Waals surface area contributed by atoms with Gasteiger partial charge in [0.25, 0.3) is 0 Å². The highest BCUT2D eigenvalue weighted by atomic mass is 16.2. The molecule has 0 saturated heterocycles. The van der Waals surface area contributed by atoms with E-state index in [0.29, 0.717) is 32.3 Å². The van der Waals surface area contributed by atoms with Gasteiger partial charge in [0.1, 0.15) is 15.7 Å². The topological polar surface area (TPSA) is 98.8 Å². The fraction of sp³-hybridized carbons (Fsp3) is 0.714. The lowest BCUT2D eigenvalue weighted by Gasteiger charge is -2.22. The van der Waals surface area contributed by atoms with E-state index < -0.39 is 0 Å². The molecule has 0 aliphatic rings. The number of nitrogens with one attached hydrogen (secondary N) is 2. The Morgan fingerprint density at radius 1 is 0.958 bits per heavy atom. The largest absolute Gasteiger partial charge is 0.358 e. The number of likely N-dealkylation sites (N-methyl/N-ethyl adjacent to an activating group) is 2. The summed E-state index contributed by atoms with van der Waals surface area (Å²) in [5, 5.41) is 5.44. The Morgan fingerprint density at radius 3 is 2.04 bits per heavy atom. The van der Waals surface area contributed by atoms with Crippen molar-refractivity contribution in [2.75, 3.05) is 46.3 Å². The number of rotatable bonds is 12. The average molecular weight is 338 g/mol. The maximum absolute atomic E-state index is 11.9. The molecule has 0 spiro atoms. The van der Waals surface area contributed by atoms with E-state index in [1.807, 2.05) is 6.92 Å². The number of carbonyl (C=O) groups excluding carboxylic acids is 4. The third kappa shape index (κ3) is 8.71. The van der Waals surface area contributed by atoms with Gasteiger partial charge in [0.2, 0.25) is 17.7 Å². The predicted octanol–water partition coefficient (Wildman–Crippen LogP) is -3.33. The molecular weight excluding hydrogens is 310 g/mol. The van der Waals surface area contributed by atoms with Crippen LogP contribution in [0.4, 0.5) is 0 Å². The molecule has 0 aliphatic carbocycles. The zero-order valence-electron chi connectivity index (χ0n) is 15.2. The van der Waals surface area contributed by atoms with Gasteiger partial charge in [-0.2, -0.15) is 0 Å². The van der Waals surface area contributed by atoms with Crippen LogP contribution in [0.5, 0.6) is 0 Å². The minimum atomic E-state index is -0.232. The molecule has 0 aromatic rings. The van der Waals surface area contributed by atoms with Crippen molar-refractivity contribution in [3.63, 3.8) is 0 Å². The van der Waals surface area contributed by atoms with Gasteiger partial charge in [0.05, 0.1) is 19.6 Å². The smallest absolute Gasteiger partial charge is 0.239 e. The first-order valence-electron chi connectivity index (χ1n) is 8.37. The second kappa shape index (κ2) is 12.6. The van der Waals surface area contributed by atoms with Crippen LogP contribution in [0.3, 0.4) is 0 Å². The van der Waals surface area contributed by atoms with Crippen molar-refractivity contribution in [2.24, 2.45) is 0 Å². The van der Waals surface area contributed by atoms with Crippen molar-refractivity contribution < 1.29 is 19.2 Å². The highest BCUT2D eigenvalue weighted by Crippen LogP contribution is 1.94. The minimum absolute atomic E-state index is 0.00736. The molecule has 0 heterocycles. The molecule has 10 heteroatoms. The molecule has 0 radical (unpaired) electrons. The summed E-state index contributed by atoms with van der Waals surface area (Å²) in [6, 6.07) is 0. The summed E-state index contributed by atoms with van der Waals surface area (Å²) in [6.07, 6.45) is 0.697. The van der Waals surface area contributed by atoms with Crippen molar-refractivity contribution in [1.29, 1.82) is 0 Å². The summed E-state index contributed by atoms with van der Waals surface area (Å²) in [4.78, 5) is 49.7. The molecule has 0 aliphatic heterocycles. The second-order valence-corrected chi connectivity index (χ2v) is 5.32. The molecule has 0 rings (SSSR count). The average Bonchev–Trinajstić information content (AvgIpc) is 2.60. The first kappa shape index (κ1) is 22.2. The summed E-state index contributed by atoms with van der Waals surface area (Å²) >= 11 is 0. The third-order valence-electron chi connectivity index (χ3n) is 3.55. The summed E-state index contributed by atoms with van der Waals surface area (Å²) in [5.74, 6) is -0.476. The molecule has 0 aromatic heterocycles. The van der Waals surface area contributed by atoms with Gasteiger partial charge in [-0.25, -0.2) is 0 Å². The molecule has 0 bridgehead atoms. The standard InChI is InChI=1S/C14H28B2N4O4/c1-3-19(13(23)6-15)9-11(21)8-18-4-5-20(14(24)7-16)10-12(22)17-2/h18H,3-10,15-16H2,1-2H3,(H,17,22). The lowest BCUT2D eigenvalue weighted by molar-refractivity contribution is -0.134. The first-order chi connectivity index (χ1) is 11.4. The molecule has 24 heavy (non-hydrogen) atoms. The van der Waals surface area contributed by atoms with Gasteiger partial charge >= 0.3 is 0 Å². The highest BCUT2D eigenvalue weighted by molar-refractivity contribution is 6.20. The van der Waals surface area contributed by atoms with Gasteiger partial charge in [-0.05, 0) is 19.6 Å². The van der Waals surface area contributed by atoms with Crippen LogP contribution >= 0.6 is 0 Å². The van der Waals surface area contributed by atoms with E-state index in [9.17, 15) is 19.2 Å². The van der Waals surface area contributed by atoms with E-state index in [1.54, 1.807) is 15.7 Å². The predicted molar refractivity (Wildman–Crippen MR) is 97.5 cm³/mol. The number of nitrogens with zero attached hydrogens (tertiary/aromatic N) is 2. The molecule has 0 unspecified atom stereocenters. The van der Waals surface area contributed by atoms with Crippen molar-refractivity contribution in [3.05, 3.63) is 0 Å². The maximum atomic E-state index is 11.9. The molecule has 0 aromatic carbocycles. The van der Waals surface area contributed by atoms with E-state index in [-0.39, 0.29) is 43.1 Å². The lowest BCUT2D eigenvalue weighted by Crippen LogP contribution is -2.44. The second-order valence-electron chi connectivity index (χ2n) is 5.32. The fourth-order valence-electron chi connectivity index (χ4n) is 2.08. The minimum Gasteiger partial charge on any atom is -0.358 e. The normalized spacial score (nSPS) is 10.1. The Bertz CT molecular complexity index is 448. The maximum Gasteiger partial charge on any atom is 0.239 e. The molecular formula is C14H28B2N4O4. The van der Waals surface area contributed by atoms with Gasteiger partial charge in [0.15, 0.2) is 5.78 Å².